The molecule has 1 N–H and O–H groups in total. The van der Waals surface area contributed by atoms with Gasteiger partial charge in [-0.05, 0) is 35.2 Å². The Morgan fingerprint density at radius 2 is 1.77 bits per heavy atom. The second-order valence-corrected chi connectivity index (χ2v) is 4.99. The van der Waals surface area contributed by atoms with E-state index >= 15 is 0 Å². The van der Waals surface area contributed by atoms with Crippen LogP contribution < -0.4 is 4.74 Å². The van der Waals surface area contributed by atoms with Gasteiger partial charge in [0.25, 0.3) is 0 Å². The van der Waals surface area contributed by atoms with Gasteiger partial charge in [0.15, 0.2) is 0 Å². The molecule has 2 rings (SSSR count). The standard InChI is InChI=1S/C18H20O4/c1-21-18(20)9-8-14-4-3-7-17(11-14)22-13-16-6-2-5-15(10-16)12-19/h2-7,10-11,19H,8-9,12-13H2,1H3. The Kier molecular flexibility index (Phi) is 5.98. The van der Waals surface area contributed by atoms with Crippen molar-refractivity contribution in [1.82, 2.24) is 0 Å². The summed E-state index contributed by atoms with van der Waals surface area (Å²) in [5.41, 5.74) is 2.91. The summed E-state index contributed by atoms with van der Waals surface area (Å²) >= 11 is 0. The molecule has 0 saturated carbocycles. The molecule has 22 heavy (non-hydrogen) atoms. The number of aliphatic hydroxyl groups is 1. The average molecular weight is 300 g/mol. The summed E-state index contributed by atoms with van der Waals surface area (Å²) in [4.78, 5) is 11.2. The monoisotopic (exact) mass is 300 g/mol. The Balaban J connectivity index is 1.93. The van der Waals surface area contributed by atoms with Crippen molar-refractivity contribution >= 4 is 5.97 Å². The highest BCUT2D eigenvalue weighted by Crippen LogP contribution is 2.17. The molecule has 2 aromatic carbocycles. The van der Waals surface area contributed by atoms with Gasteiger partial charge in [-0.15, -0.1) is 0 Å². The number of carbonyl (C=O) groups is 1. The minimum Gasteiger partial charge on any atom is -0.489 e. The van der Waals surface area contributed by atoms with E-state index in [1.54, 1.807) is 0 Å². The maximum atomic E-state index is 11.2. The minimum absolute atomic E-state index is 0.0247. The van der Waals surface area contributed by atoms with Crippen molar-refractivity contribution < 1.29 is 19.4 Å². The summed E-state index contributed by atoms with van der Waals surface area (Å²) in [6.45, 7) is 0.463. The van der Waals surface area contributed by atoms with Crippen molar-refractivity contribution in [3.63, 3.8) is 0 Å². The van der Waals surface area contributed by atoms with E-state index in [1.165, 1.54) is 7.11 Å². The molecule has 0 aliphatic carbocycles. The van der Waals surface area contributed by atoms with E-state index < -0.39 is 0 Å². The SMILES string of the molecule is COC(=O)CCc1cccc(OCc2cccc(CO)c2)c1. The highest BCUT2D eigenvalue weighted by atomic mass is 16.5. The molecule has 4 heteroatoms. The predicted octanol–water partition coefficient (Wildman–Crippen LogP) is 2.86. The van der Waals surface area contributed by atoms with Gasteiger partial charge in [0, 0.05) is 6.42 Å². The third kappa shape index (κ3) is 4.90. The normalized spacial score (nSPS) is 10.3. The van der Waals surface area contributed by atoms with Gasteiger partial charge in [-0.1, -0.05) is 36.4 Å². The van der Waals surface area contributed by atoms with Gasteiger partial charge in [-0.25, -0.2) is 0 Å². The molecule has 0 bridgehead atoms. The largest absolute Gasteiger partial charge is 0.489 e. The molecule has 0 aromatic heterocycles. The lowest BCUT2D eigenvalue weighted by atomic mass is 10.1. The second-order valence-electron chi connectivity index (χ2n) is 4.99. The first-order chi connectivity index (χ1) is 10.7. The summed E-state index contributed by atoms with van der Waals surface area (Å²) in [6.07, 6.45) is 0.988. The number of rotatable bonds is 7. The Bertz CT molecular complexity index is 622. The molecule has 0 atom stereocenters. The molecule has 2 aromatic rings. The van der Waals surface area contributed by atoms with E-state index in [4.69, 9.17) is 9.84 Å². The topological polar surface area (TPSA) is 55.8 Å². The number of hydrogen-bond acceptors (Lipinski definition) is 4. The number of carbonyl (C=O) groups excluding carboxylic acids is 1. The lowest BCUT2D eigenvalue weighted by Gasteiger charge is -2.09. The van der Waals surface area contributed by atoms with E-state index in [0.717, 1.165) is 22.4 Å². The van der Waals surface area contributed by atoms with Crippen molar-refractivity contribution in [3.05, 3.63) is 65.2 Å². The lowest BCUT2D eigenvalue weighted by Crippen LogP contribution is -2.02. The minimum atomic E-state index is -0.216. The Morgan fingerprint density at radius 1 is 1.05 bits per heavy atom. The van der Waals surface area contributed by atoms with E-state index in [-0.39, 0.29) is 12.6 Å². The first-order valence-corrected chi connectivity index (χ1v) is 7.18. The molecule has 0 fully saturated rings. The zero-order chi connectivity index (χ0) is 15.8. The number of hydrogen-bond donors (Lipinski definition) is 1. The molecule has 0 spiro atoms. The van der Waals surface area contributed by atoms with Crippen LogP contribution in [0.3, 0.4) is 0 Å². The second kappa shape index (κ2) is 8.20. The van der Waals surface area contributed by atoms with Crippen LogP contribution in [0.1, 0.15) is 23.1 Å². The number of benzene rings is 2. The maximum absolute atomic E-state index is 11.2. The highest BCUT2D eigenvalue weighted by Gasteiger charge is 2.03. The van der Waals surface area contributed by atoms with Crippen LogP contribution in [0.25, 0.3) is 0 Å². The highest BCUT2D eigenvalue weighted by molar-refractivity contribution is 5.69. The quantitative estimate of drug-likeness (QED) is 0.799. The average Bonchev–Trinajstić information content (AvgIpc) is 2.58. The summed E-state index contributed by atoms with van der Waals surface area (Å²) < 4.78 is 10.4. The van der Waals surface area contributed by atoms with Gasteiger partial charge in [0.05, 0.1) is 13.7 Å². The number of methoxy groups -OCH3 is 1. The third-order valence-electron chi connectivity index (χ3n) is 3.32. The fraction of sp³-hybridized carbons (Fsp3) is 0.278. The first kappa shape index (κ1) is 16.0. The lowest BCUT2D eigenvalue weighted by molar-refractivity contribution is -0.140. The number of aryl methyl sites for hydroxylation is 1. The fourth-order valence-corrected chi connectivity index (χ4v) is 2.12. The Morgan fingerprint density at radius 3 is 2.55 bits per heavy atom. The van der Waals surface area contributed by atoms with Crippen molar-refractivity contribution in [2.24, 2.45) is 0 Å². The molecule has 0 saturated heterocycles. The zero-order valence-corrected chi connectivity index (χ0v) is 12.6. The van der Waals surface area contributed by atoms with Crippen LogP contribution >= 0.6 is 0 Å². The van der Waals surface area contributed by atoms with Gasteiger partial charge < -0.3 is 14.6 Å². The molecule has 4 nitrogen and oxygen atoms in total. The van der Waals surface area contributed by atoms with Crippen molar-refractivity contribution in [2.75, 3.05) is 7.11 Å². The Labute approximate surface area is 130 Å². The van der Waals surface area contributed by atoms with E-state index in [2.05, 4.69) is 4.74 Å². The summed E-state index contributed by atoms with van der Waals surface area (Å²) in [5.74, 6) is 0.545. The van der Waals surface area contributed by atoms with Crippen molar-refractivity contribution in [3.8, 4) is 5.75 Å². The van der Waals surface area contributed by atoms with Crippen LogP contribution in [0.2, 0.25) is 0 Å². The van der Waals surface area contributed by atoms with Crippen LogP contribution in [-0.2, 0) is 29.2 Å². The number of esters is 1. The third-order valence-corrected chi connectivity index (χ3v) is 3.32. The van der Waals surface area contributed by atoms with Gasteiger partial charge in [-0.2, -0.15) is 0 Å². The van der Waals surface area contributed by atoms with Gasteiger partial charge >= 0.3 is 5.97 Å². The van der Waals surface area contributed by atoms with Crippen LogP contribution in [0.15, 0.2) is 48.5 Å². The zero-order valence-electron chi connectivity index (χ0n) is 12.6. The molecule has 116 valence electrons. The summed E-state index contributed by atoms with van der Waals surface area (Å²) in [5, 5.41) is 9.13. The first-order valence-electron chi connectivity index (χ1n) is 7.18. The van der Waals surface area contributed by atoms with E-state index in [0.29, 0.717) is 19.4 Å². The fourth-order valence-electron chi connectivity index (χ4n) is 2.12. The smallest absolute Gasteiger partial charge is 0.305 e. The van der Waals surface area contributed by atoms with E-state index in [9.17, 15) is 4.79 Å². The molecule has 0 radical (unpaired) electrons. The molecule has 0 heterocycles. The molecular formula is C18H20O4. The molecule has 0 aliphatic heterocycles. The Hall–Kier alpha value is -2.33. The van der Waals surface area contributed by atoms with E-state index in [1.807, 2.05) is 48.5 Å². The van der Waals surface area contributed by atoms with Crippen molar-refractivity contribution in [1.29, 1.82) is 0 Å². The maximum Gasteiger partial charge on any atom is 0.305 e. The van der Waals surface area contributed by atoms with Crippen LogP contribution in [0, 0.1) is 0 Å². The van der Waals surface area contributed by atoms with Gasteiger partial charge in [0.1, 0.15) is 12.4 Å². The molecule has 0 aliphatic rings. The van der Waals surface area contributed by atoms with Crippen LogP contribution in [0.4, 0.5) is 0 Å². The van der Waals surface area contributed by atoms with Crippen LogP contribution in [0.5, 0.6) is 5.75 Å². The van der Waals surface area contributed by atoms with Gasteiger partial charge in [0.2, 0.25) is 0 Å². The van der Waals surface area contributed by atoms with Crippen molar-refractivity contribution in [2.45, 2.75) is 26.1 Å². The summed E-state index contributed by atoms with van der Waals surface area (Å²) in [7, 11) is 1.39. The predicted molar refractivity (Wildman–Crippen MR) is 83.5 cm³/mol. The molecular weight excluding hydrogens is 280 g/mol. The molecule has 0 unspecified atom stereocenters. The van der Waals surface area contributed by atoms with Gasteiger partial charge in [-0.3, -0.25) is 4.79 Å². The number of ether oxygens (including phenoxy) is 2. The van der Waals surface area contributed by atoms with Crippen LogP contribution in [-0.4, -0.2) is 18.2 Å². The summed E-state index contributed by atoms with van der Waals surface area (Å²) in [6, 6.07) is 15.3. The number of aliphatic hydroxyl groups excluding tert-OH is 1. The molecule has 0 amide bonds.